The number of hydrogen-bond donors (Lipinski definition) is 2. The predicted octanol–water partition coefficient (Wildman–Crippen LogP) is 3.47. The molecule has 0 bridgehead atoms. The molecule has 0 aliphatic rings. The molecule has 6 nitrogen and oxygen atoms in total. The van der Waals surface area contributed by atoms with Gasteiger partial charge in [0.15, 0.2) is 15.8 Å². The Bertz CT molecular complexity index is 937. The summed E-state index contributed by atoms with van der Waals surface area (Å²) in [5, 5.41) is 6.50. The lowest BCUT2D eigenvalue weighted by atomic mass is 10.1. The molecule has 0 fully saturated rings. The summed E-state index contributed by atoms with van der Waals surface area (Å²) in [4.78, 5) is 6.80. The molecule has 0 radical (unpaired) electrons. The topological polar surface area (TPSA) is 73.8 Å². The zero-order valence-corrected chi connectivity index (χ0v) is 21.4. The summed E-state index contributed by atoms with van der Waals surface area (Å²) in [6.07, 6.45) is 2.76. The zero-order chi connectivity index (χ0) is 22.0. The van der Waals surface area contributed by atoms with Crippen molar-refractivity contribution in [2.45, 2.75) is 24.7 Å². The molecule has 0 amide bonds. The van der Waals surface area contributed by atoms with Gasteiger partial charge in [-0.3, -0.25) is 4.99 Å². The van der Waals surface area contributed by atoms with Gasteiger partial charge >= 0.3 is 0 Å². The molecule has 0 heterocycles. The standard InChI is InChI=1S/C22H31FN4O2S.HI/c1-4-24-22(25-15-7-17-27(2)21-9-6-5-8-20(21)23)26-16-14-18-10-12-19(13-11-18)30(3,28)29;/h5-6,8-13H,4,7,14-17H2,1-3H3,(H2,24,25,26);1H. The number of hydrogen-bond acceptors (Lipinski definition) is 4. The van der Waals surface area contributed by atoms with Crippen molar-refractivity contribution in [3.63, 3.8) is 0 Å². The van der Waals surface area contributed by atoms with Crippen LogP contribution >= 0.6 is 24.0 Å². The van der Waals surface area contributed by atoms with Gasteiger partial charge < -0.3 is 15.5 Å². The highest BCUT2D eigenvalue weighted by Crippen LogP contribution is 2.17. The van der Waals surface area contributed by atoms with Gasteiger partial charge in [-0.2, -0.15) is 0 Å². The highest BCUT2D eigenvalue weighted by Gasteiger charge is 2.07. The number of nitrogens with zero attached hydrogens (tertiary/aromatic N) is 2. The lowest BCUT2D eigenvalue weighted by Crippen LogP contribution is -2.38. The minimum Gasteiger partial charge on any atom is -0.372 e. The third-order valence-electron chi connectivity index (χ3n) is 4.59. The Labute approximate surface area is 202 Å². The SMILES string of the molecule is CCNC(=NCCCN(C)c1ccccc1F)NCCc1ccc(S(C)(=O)=O)cc1.I. The Balaban J connectivity index is 0.00000480. The molecule has 0 unspecified atom stereocenters. The van der Waals surface area contributed by atoms with Crippen LogP contribution in [0, 0.1) is 5.82 Å². The normalized spacial score (nSPS) is 11.5. The Morgan fingerprint density at radius 3 is 2.39 bits per heavy atom. The van der Waals surface area contributed by atoms with Crippen molar-refractivity contribution >= 4 is 45.5 Å². The van der Waals surface area contributed by atoms with Crippen LogP contribution in [0.25, 0.3) is 0 Å². The third-order valence-corrected chi connectivity index (χ3v) is 5.72. The van der Waals surface area contributed by atoms with E-state index >= 15 is 0 Å². The van der Waals surface area contributed by atoms with Crippen molar-refractivity contribution in [2.24, 2.45) is 4.99 Å². The molecule has 0 atom stereocenters. The first-order chi connectivity index (χ1) is 14.3. The maximum Gasteiger partial charge on any atom is 0.191 e. The number of anilines is 1. The Kier molecular flexibility index (Phi) is 11.8. The second-order valence-corrected chi connectivity index (χ2v) is 9.10. The predicted molar refractivity (Wildman–Crippen MR) is 137 cm³/mol. The molecule has 0 saturated carbocycles. The fourth-order valence-corrected chi connectivity index (χ4v) is 3.58. The highest BCUT2D eigenvalue weighted by atomic mass is 127. The summed E-state index contributed by atoms with van der Waals surface area (Å²) in [6.45, 7) is 4.77. The summed E-state index contributed by atoms with van der Waals surface area (Å²) in [5.74, 6) is 0.516. The van der Waals surface area contributed by atoms with Crippen LogP contribution in [0.4, 0.5) is 10.1 Å². The molecule has 0 saturated heterocycles. The van der Waals surface area contributed by atoms with E-state index in [4.69, 9.17) is 0 Å². The highest BCUT2D eigenvalue weighted by molar-refractivity contribution is 14.0. The first-order valence-electron chi connectivity index (χ1n) is 10.1. The van der Waals surface area contributed by atoms with Gasteiger partial charge in [-0.05, 0) is 49.6 Å². The van der Waals surface area contributed by atoms with E-state index in [2.05, 4.69) is 15.6 Å². The molecular weight excluding hydrogens is 530 g/mol. The molecular formula is C22H32FIN4O2S. The minimum absolute atomic E-state index is 0. The lowest BCUT2D eigenvalue weighted by molar-refractivity contribution is 0.602. The fraction of sp³-hybridized carbons (Fsp3) is 0.409. The largest absolute Gasteiger partial charge is 0.372 e. The number of aliphatic imine (C=N–C) groups is 1. The van der Waals surface area contributed by atoms with Crippen molar-refractivity contribution in [3.8, 4) is 0 Å². The number of halogens is 2. The molecule has 0 aliphatic heterocycles. The van der Waals surface area contributed by atoms with Crippen molar-refractivity contribution in [1.29, 1.82) is 0 Å². The Hall–Kier alpha value is -1.88. The summed E-state index contributed by atoms with van der Waals surface area (Å²) in [6, 6.07) is 13.7. The fourth-order valence-electron chi connectivity index (χ4n) is 2.95. The van der Waals surface area contributed by atoms with Gasteiger partial charge in [0, 0.05) is 39.5 Å². The van der Waals surface area contributed by atoms with Gasteiger partial charge in [-0.1, -0.05) is 24.3 Å². The molecule has 0 aromatic heterocycles. The number of sulfone groups is 1. The smallest absolute Gasteiger partial charge is 0.191 e. The Morgan fingerprint density at radius 2 is 1.77 bits per heavy atom. The van der Waals surface area contributed by atoms with Crippen LogP contribution in [0.1, 0.15) is 18.9 Å². The molecule has 2 aromatic rings. The van der Waals surface area contributed by atoms with Gasteiger partial charge in [0.2, 0.25) is 0 Å². The molecule has 0 aliphatic carbocycles. The molecule has 31 heavy (non-hydrogen) atoms. The van der Waals surface area contributed by atoms with Crippen LogP contribution in [-0.4, -0.2) is 53.9 Å². The average molecular weight is 562 g/mol. The minimum atomic E-state index is -3.17. The lowest BCUT2D eigenvalue weighted by Gasteiger charge is -2.19. The summed E-state index contributed by atoms with van der Waals surface area (Å²) < 4.78 is 36.9. The van der Waals surface area contributed by atoms with E-state index in [1.165, 1.54) is 12.3 Å². The van der Waals surface area contributed by atoms with Crippen LogP contribution in [0.2, 0.25) is 0 Å². The second-order valence-electron chi connectivity index (χ2n) is 7.08. The van der Waals surface area contributed by atoms with E-state index in [-0.39, 0.29) is 29.8 Å². The first kappa shape index (κ1) is 27.2. The third kappa shape index (κ3) is 9.42. The average Bonchev–Trinajstić information content (AvgIpc) is 2.71. The summed E-state index contributed by atoms with van der Waals surface area (Å²) in [7, 11) is -1.29. The molecule has 0 spiro atoms. The molecule has 2 aromatic carbocycles. The van der Waals surface area contributed by atoms with Crippen molar-refractivity contribution < 1.29 is 12.8 Å². The number of para-hydroxylation sites is 1. The number of rotatable bonds is 10. The van der Waals surface area contributed by atoms with Crippen LogP contribution in [-0.2, 0) is 16.3 Å². The van der Waals surface area contributed by atoms with E-state index in [0.29, 0.717) is 30.2 Å². The van der Waals surface area contributed by atoms with Crippen molar-refractivity contribution in [2.75, 3.05) is 44.4 Å². The van der Waals surface area contributed by atoms with E-state index in [1.54, 1.807) is 24.3 Å². The maximum atomic E-state index is 13.8. The monoisotopic (exact) mass is 562 g/mol. The summed E-state index contributed by atoms with van der Waals surface area (Å²) in [5.41, 5.74) is 1.64. The van der Waals surface area contributed by atoms with E-state index in [0.717, 1.165) is 30.9 Å². The molecule has 172 valence electrons. The van der Waals surface area contributed by atoms with Crippen LogP contribution in [0.5, 0.6) is 0 Å². The van der Waals surface area contributed by atoms with Gasteiger partial charge in [0.25, 0.3) is 0 Å². The second kappa shape index (κ2) is 13.5. The van der Waals surface area contributed by atoms with Crippen LogP contribution in [0.15, 0.2) is 58.4 Å². The Morgan fingerprint density at radius 1 is 1.10 bits per heavy atom. The summed E-state index contributed by atoms with van der Waals surface area (Å²) >= 11 is 0. The number of guanidine groups is 1. The van der Waals surface area contributed by atoms with E-state index in [1.807, 2.05) is 37.1 Å². The van der Waals surface area contributed by atoms with Crippen molar-refractivity contribution in [3.05, 3.63) is 59.9 Å². The van der Waals surface area contributed by atoms with Gasteiger partial charge in [0.1, 0.15) is 5.82 Å². The molecule has 2 rings (SSSR count). The zero-order valence-electron chi connectivity index (χ0n) is 18.3. The number of nitrogens with one attached hydrogen (secondary N) is 2. The van der Waals surface area contributed by atoms with Gasteiger partial charge in [-0.15, -0.1) is 24.0 Å². The maximum absolute atomic E-state index is 13.8. The first-order valence-corrected chi connectivity index (χ1v) is 12.0. The quantitative estimate of drug-likeness (QED) is 0.201. The van der Waals surface area contributed by atoms with Gasteiger partial charge in [0.05, 0.1) is 10.6 Å². The molecule has 2 N–H and O–H groups in total. The van der Waals surface area contributed by atoms with Crippen LogP contribution < -0.4 is 15.5 Å². The van der Waals surface area contributed by atoms with Crippen molar-refractivity contribution in [1.82, 2.24) is 10.6 Å². The number of benzene rings is 2. The van der Waals surface area contributed by atoms with E-state index < -0.39 is 9.84 Å². The van der Waals surface area contributed by atoms with E-state index in [9.17, 15) is 12.8 Å². The van der Waals surface area contributed by atoms with Crippen LogP contribution in [0.3, 0.4) is 0 Å². The molecule has 9 heteroatoms. The van der Waals surface area contributed by atoms with Gasteiger partial charge in [-0.25, -0.2) is 12.8 Å².